The molecule has 40 heavy (non-hydrogen) atoms. The van der Waals surface area contributed by atoms with E-state index in [4.69, 9.17) is 0 Å². The van der Waals surface area contributed by atoms with Crippen LogP contribution in [0, 0.1) is 0 Å². The zero-order valence-electron chi connectivity index (χ0n) is 21.5. The molecule has 0 spiro atoms. The molecule has 0 nitrogen and oxygen atoms in total. The molecule has 0 aliphatic rings. The maximum atomic E-state index is 2.41. The first kappa shape index (κ1) is 22.3. The molecule has 9 rings (SSSR count). The van der Waals surface area contributed by atoms with Crippen LogP contribution < -0.4 is 0 Å². The molecule has 0 unspecified atom stereocenters. The maximum absolute atomic E-state index is 2.41. The Labute approximate surface area is 239 Å². The molecule has 2 heteroatoms. The largest absolute Gasteiger partial charge is 0.144 e. The number of thiophene rings is 2. The van der Waals surface area contributed by atoms with Crippen molar-refractivity contribution in [1.82, 2.24) is 0 Å². The van der Waals surface area contributed by atoms with E-state index in [-0.39, 0.29) is 0 Å². The smallest absolute Gasteiger partial charge is 0.0362 e. The van der Waals surface area contributed by atoms with Crippen molar-refractivity contribution >= 4 is 85.2 Å². The van der Waals surface area contributed by atoms with E-state index in [1.165, 1.54) is 84.8 Å². The second-order valence-electron chi connectivity index (χ2n) is 10.5. The molecule has 9 aromatic rings. The molecule has 2 heterocycles. The third kappa shape index (κ3) is 3.12. The second kappa shape index (κ2) is 8.50. The lowest BCUT2D eigenvalue weighted by Crippen LogP contribution is -1.92. The van der Waals surface area contributed by atoms with Crippen LogP contribution in [0.2, 0.25) is 0 Å². The van der Waals surface area contributed by atoms with Gasteiger partial charge in [0.2, 0.25) is 0 Å². The lowest BCUT2D eigenvalue weighted by molar-refractivity contribution is 1.69. The molecule has 0 aliphatic carbocycles. The fourth-order valence-corrected chi connectivity index (χ4v) is 8.61. The minimum absolute atomic E-state index is 1.27. The standard InChI is InChI=1S/C38H22S2/c1-2-11-25-23(9-1)10-7-16-26(25)36-27-12-3-5-14-29(27)37(30-15-6-4-13-28(30)36)31-17-8-18-33-38(31)32-22-34-24(19-20-39-34)21-35(32)40-33/h1-22H. The third-order valence-electron chi connectivity index (χ3n) is 8.33. The summed E-state index contributed by atoms with van der Waals surface area (Å²) in [7, 11) is 0. The van der Waals surface area contributed by atoms with E-state index in [2.05, 4.69) is 133 Å². The lowest BCUT2D eigenvalue weighted by atomic mass is 9.84. The van der Waals surface area contributed by atoms with Gasteiger partial charge in [-0.1, -0.05) is 103 Å². The summed E-state index contributed by atoms with van der Waals surface area (Å²) in [4.78, 5) is 0. The average Bonchev–Trinajstić information content (AvgIpc) is 3.62. The van der Waals surface area contributed by atoms with E-state index in [1.807, 2.05) is 22.7 Å². The predicted molar refractivity (Wildman–Crippen MR) is 178 cm³/mol. The van der Waals surface area contributed by atoms with Gasteiger partial charge < -0.3 is 0 Å². The SMILES string of the molecule is c1ccc2c(-c3c4ccccc4c(-c4cccc5sc6cc7ccsc7cc6c45)c4ccccc34)cccc2c1. The monoisotopic (exact) mass is 542 g/mol. The van der Waals surface area contributed by atoms with Crippen LogP contribution in [0.5, 0.6) is 0 Å². The molecule has 186 valence electrons. The van der Waals surface area contributed by atoms with Crippen molar-refractivity contribution in [2.24, 2.45) is 0 Å². The van der Waals surface area contributed by atoms with Gasteiger partial charge in [-0.25, -0.2) is 0 Å². The Hall–Kier alpha value is -4.50. The van der Waals surface area contributed by atoms with Gasteiger partial charge in [-0.05, 0) is 89.6 Å². The predicted octanol–water partition coefficient (Wildman–Crippen LogP) is 12.1. The van der Waals surface area contributed by atoms with Crippen LogP contribution in [0.25, 0.3) is 84.8 Å². The quantitative estimate of drug-likeness (QED) is 0.191. The molecule has 0 saturated carbocycles. The second-order valence-corrected chi connectivity index (χ2v) is 12.5. The maximum Gasteiger partial charge on any atom is 0.0362 e. The topological polar surface area (TPSA) is 0 Å². The molecular weight excluding hydrogens is 521 g/mol. The van der Waals surface area contributed by atoms with Crippen LogP contribution in [-0.4, -0.2) is 0 Å². The van der Waals surface area contributed by atoms with Gasteiger partial charge in [0.1, 0.15) is 0 Å². The molecule has 0 saturated heterocycles. The van der Waals surface area contributed by atoms with Gasteiger partial charge in [-0.2, -0.15) is 0 Å². The molecule has 0 radical (unpaired) electrons. The summed E-state index contributed by atoms with van der Waals surface area (Å²) >= 11 is 3.73. The molecule has 0 amide bonds. The summed E-state index contributed by atoms with van der Waals surface area (Å²) in [6.07, 6.45) is 0. The Morgan fingerprint density at radius 1 is 0.375 bits per heavy atom. The van der Waals surface area contributed by atoms with Crippen LogP contribution in [0.1, 0.15) is 0 Å². The van der Waals surface area contributed by atoms with Crippen LogP contribution >= 0.6 is 22.7 Å². The van der Waals surface area contributed by atoms with Gasteiger partial charge in [0, 0.05) is 24.9 Å². The Morgan fingerprint density at radius 3 is 1.73 bits per heavy atom. The third-order valence-corrected chi connectivity index (χ3v) is 10.3. The van der Waals surface area contributed by atoms with Gasteiger partial charge >= 0.3 is 0 Å². The van der Waals surface area contributed by atoms with Gasteiger partial charge in [0.05, 0.1) is 0 Å². The minimum atomic E-state index is 1.27. The van der Waals surface area contributed by atoms with Gasteiger partial charge in [0.25, 0.3) is 0 Å². The van der Waals surface area contributed by atoms with Crippen LogP contribution in [0.15, 0.2) is 133 Å². The summed E-state index contributed by atoms with van der Waals surface area (Å²) in [6, 6.07) is 47.3. The van der Waals surface area contributed by atoms with Gasteiger partial charge in [0.15, 0.2) is 0 Å². The van der Waals surface area contributed by atoms with Crippen molar-refractivity contribution in [3.8, 4) is 22.3 Å². The van der Waals surface area contributed by atoms with Crippen LogP contribution in [0.4, 0.5) is 0 Å². The van der Waals surface area contributed by atoms with E-state index < -0.39 is 0 Å². The first-order chi connectivity index (χ1) is 19.8. The highest BCUT2D eigenvalue weighted by atomic mass is 32.1. The number of hydrogen-bond donors (Lipinski definition) is 0. The van der Waals surface area contributed by atoms with Crippen LogP contribution in [0.3, 0.4) is 0 Å². The van der Waals surface area contributed by atoms with Gasteiger partial charge in [-0.3, -0.25) is 0 Å². The number of hydrogen-bond acceptors (Lipinski definition) is 2. The highest BCUT2D eigenvalue weighted by molar-refractivity contribution is 7.26. The lowest BCUT2D eigenvalue weighted by Gasteiger charge is -2.19. The van der Waals surface area contributed by atoms with Crippen LogP contribution in [-0.2, 0) is 0 Å². The first-order valence-corrected chi connectivity index (χ1v) is 15.3. The molecule has 0 bridgehead atoms. The zero-order valence-corrected chi connectivity index (χ0v) is 23.2. The summed E-state index contributed by atoms with van der Waals surface area (Å²) in [6.45, 7) is 0. The Kier molecular flexibility index (Phi) is 4.74. The summed E-state index contributed by atoms with van der Waals surface area (Å²) in [5.74, 6) is 0. The Morgan fingerprint density at radius 2 is 0.975 bits per heavy atom. The van der Waals surface area contributed by atoms with Crippen molar-refractivity contribution in [3.05, 3.63) is 133 Å². The normalized spacial score (nSPS) is 12.0. The van der Waals surface area contributed by atoms with Crippen molar-refractivity contribution in [1.29, 1.82) is 0 Å². The number of rotatable bonds is 2. The first-order valence-electron chi connectivity index (χ1n) is 13.6. The van der Waals surface area contributed by atoms with Crippen molar-refractivity contribution < 1.29 is 0 Å². The Balaban J connectivity index is 1.47. The van der Waals surface area contributed by atoms with E-state index in [9.17, 15) is 0 Å². The van der Waals surface area contributed by atoms with Crippen molar-refractivity contribution in [2.45, 2.75) is 0 Å². The molecule has 0 atom stereocenters. The molecule has 7 aromatic carbocycles. The molecular formula is C38H22S2. The summed E-state index contributed by atoms with van der Waals surface area (Å²) < 4.78 is 4.05. The van der Waals surface area contributed by atoms with Crippen molar-refractivity contribution in [3.63, 3.8) is 0 Å². The fourth-order valence-electron chi connectivity index (χ4n) is 6.64. The molecule has 0 fully saturated rings. The number of benzene rings is 7. The summed E-state index contributed by atoms with van der Waals surface area (Å²) in [5, 5.41) is 14.0. The fraction of sp³-hybridized carbons (Fsp3) is 0. The number of fused-ring (bicyclic) bond motifs is 7. The minimum Gasteiger partial charge on any atom is -0.144 e. The van der Waals surface area contributed by atoms with E-state index in [1.54, 1.807) is 0 Å². The average molecular weight is 543 g/mol. The van der Waals surface area contributed by atoms with E-state index >= 15 is 0 Å². The molecule has 0 N–H and O–H groups in total. The molecule has 0 aliphatic heterocycles. The highest BCUT2D eigenvalue weighted by Crippen LogP contribution is 2.49. The summed E-state index contributed by atoms with van der Waals surface area (Å²) in [5.41, 5.74) is 5.24. The zero-order chi connectivity index (χ0) is 26.2. The highest BCUT2D eigenvalue weighted by Gasteiger charge is 2.20. The van der Waals surface area contributed by atoms with E-state index in [0.717, 1.165) is 0 Å². The molecule has 2 aromatic heterocycles. The van der Waals surface area contributed by atoms with E-state index in [0.29, 0.717) is 0 Å². The van der Waals surface area contributed by atoms with Gasteiger partial charge in [-0.15, -0.1) is 22.7 Å². The van der Waals surface area contributed by atoms with Crippen molar-refractivity contribution in [2.75, 3.05) is 0 Å². The Bertz CT molecular complexity index is 2370.